The van der Waals surface area contributed by atoms with E-state index in [1.807, 2.05) is 12.1 Å². The molecule has 1 aromatic carbocycles. The van der Waals surface area contributed by atoms with Gasteiger partial charge in [0, 0.05) is 17.1 Å². The molecule has 0 aromatic heterocycles. The molecule has 0 spiro atoms. The minimum absolute atomic E-state index is 0.103. The van der Waals surface area contributed by atoms with Crippen molar-refractivity contribution in [1.82, 2.24) is 5.32 Å². The molecule has 0 aliphatic carbocycles. The Morgan fingerprint density at radius 1 is 1.25 bits per heavy atom. The van der Waals surface area contributed by atoms with E-state index in [1.54, 1.807) is 0 Å². The summed E-state index contributed by atoms with van der Waals surface area (Å²) in [5.74, 6) is 0. The monoisotopic (exact) mass is 238 g/mol. The molecule has 1 atom stereocenters. The van der Waals surface area contributed by atoms with E-state index in [0.717, 1.165) is 18.0 Å². The Morgan fingerprint density at radius 2 is 2.00 bits per heavy atom. The number of nitrogens with one attached hydrogen (secondary N) is 1. The molecule has 1 saturated heterocycles. The Morgan fingerprint density at radius 3 is 2.56 bits per heavy atom. The molecule has 1 aromatic rings. The van der Waals surface area contributed by atoms with Crippen LogP contribution < -0.4 is 11.1 Å². The predicted octanol–water partition coefficient (Wildman–Crippen LogP) is 2.35. The van der Waals surface area contributed by atoms with E-state index in [1.165, 1.54) is 24.8 Å². The molecule has 2 nitrogen and oxygen atoms in total. The summed E-state index contributed by atoms with van der Waals surface area (Å²) in [4.78, 5) is 0. The average Bonchev–Trinajstić information content (AvgIpc) is 2.33. The van der Waals surface area contributed by atoms with E-state index >= 15 is 0 Å². The van der Waals surface area contributed by atoms with Crippen molar-refractivity contribution >= 4 is 11.6 Å². The molecular formula is C13H19ClN2. The Labute approximate surface area is 102 Å². The summed E-state index contributed by atoms with van der Waals surface area (Å²) >= 11 is 5.88. The van der Waals surface area contributed by atoms with Gasteiger partial charge >= 0.3 is 0 Å². The Kier molecular flexibility index (Phi) is 3.85. The van der Waals surface area contributed by atoms with Crippen molar-refractivity contribution in [3.8, 4) is 0 Å². The maximum atomic E-state index is 5.93. The summed E-state index contributed by atoms with van der Waals surface area (Å²) in [6.45, 7) is 1.79. The molecule has 2 rings (SSSR count). The molecule has 1 heterocycles. The van der Waals surface area contributed by atoms with E-state index in [-0.39, 0.29) is 5.54 Å². The number of hydrogen-bond donors (Lipinski definition) is 2. The van der Waals surface area contributed by atoms with Crippen LogP contribution in [0.5, 0.6) is 0 Å². The van der Waals surface area contributed by atoms with Crippen LogP contribution in [0.15, 0.2) is 24.3 Å². The van der Waals surface area contributed by atoms with Crippen molar-refractivity contribution in [3.63, 3.8) is 0 Å². The zero-order valence-corrected chi connectivity index (χ0v) is 10.3. The van der Waals surface area contributed by atoms with Crippen molar-refractivity contribution in [2.75, 3.05) is 13.1 Å². The second-order valence-corrected chi connectivity index (χ2v) is 5.11. The quantitative estimate of drug-likeness (QED) is 0.849. The smallest absolute Gasteiger partial charge is 0.0406 e. The molecular weight excluding hydrogens is 220 g/mol. The largest absolute Gasteiger partial charge is 0.329 e. The van der Waals surface area contributed by atoms with Gasteiger partial charge in [-0.05, 0) is 43.5 Å². The molecule has 3 heteroatoms. The molecule has 16 heavy (non-hydrogen) atoms. The molecule has 0 bridgehead atoms. The van der Waals surface area contributed by atoms with E-state index < -0.39 is 0 Å². The third-order valence-corrected chi connectivity index (χ3v) is 3.68. The van der Waals surface area contributed by atoms with Crippen LogP contribution in [-0.2, 0) is 6.42 Å². The molecule has 88 valence electrons. The highest BCUT2D eigenvalue weighted by Crippen LogP contribution is 2.23. The number of hydrogen-bond acceptors (Lipinski definition) is 2. The lowest BCUT2D eigenvalue weighted by Crippen LogP contribution is -2.55. The maximum Gasteiger partial charge on any atom is 0.0406 e. The van der Waals surface area contributed by atoms with Gasteiger partial charge in [0.15, 0.2) is 0 Å². The molecule has 1 fully saturated rings. The predicted molar refractivity (Wildman–Crippen MR) is 68.8 cm³/mol. The minimum atomic E-state index is 0.103. The highest BCUT2D eigenvalue weighted by Gasteiger charge is 2.30. The van der Waals surface area contributed by atoms with Crippen LogP contribution in [0.4, 0.5) is 0 Å². The van der Waals surface area contributed by atoms with Crippen LogP contribution in [0.1, 0.15) is 24.8 Å². The molecule has 0 radical (unpaired) electrons. The third-order valence-electron chi connectivity index (χ3n) is 3.43. The lowest BCUT2D eigenvalue weighted by atomic mass is 9.83. The first kappa shape index (κ1) is 11.9. The first-order chi connectivity index (χ1) is 7.74. The first-order valence-corrected chi connectivity index (χ1v) is 6.31. The summed E-state index contributed by atoms with van der Waals surface area (Å²) in [5, 5.41) is 4.38. The van der Waals surface area contributed by atoms with Gasteiger partial charge in [0.2, 0.25) is 0 Å². The summed E-state index contributed by atoms with van der Waals surface area (Å²) in [6, 6.07) is 8.08. The minimum Gasteiger partial charge on any atom is -0.329 e. The van der Waals surface area contributed by atoms with E-state index in [4.69, 9.17) is 17.3 Å². The van der Waals surface area contributed by atoms with Crippen molar-refractivity contribution in [2.45, 2.75) is 31.2 Å². The van der Waals surface area contributed by atoms with Gasteiger partial charge in [-0.15, -0.1) is 0 Å². The standard InChI is InChI=1S/C13H19ClN2/c14-12-5-3-11(4-6-12)9-13(10-15)7-1-2-8-16-13/h3-6,16H,1-2,7-10,15H2. The highest BCUT2D eigenvalue weighted by atomic mass is 35.5. The summed E-state index contributed by atoms with van der Waals surface area (Å²) in [5.41, 5.74) is 7.34. The van der Waals surface area contributed by atoms with E-state index in [9.17, 15) is 0 Å². The van der Waals surface area contributed by atoms with Crippen LogP contribution in [0.25, 0.3) is 0 Å². The molecule has 1 aliphatic heterocycles. The van der Waals surface area contributed by atoms with Gasteiger partial charge in [-0.3, -0.25) is 0 Å². The Bertz CT molecular complexity index is 328. The number of piperidine rings is 1. The SMILES string of the molecule is NCC1(Cc2ccc(Cl)cc2)CCCCN1. The fourth-order valence-corrected chi connectivity index (χ4v) is 2.55. The second-order valence-electron chi connectivity index (χ2n) is 4.67. The van der Waals surface area contributed by atoms with Crippen molar-refractivity contribution in [2.24, 2.45) is 5.73 Å². The van der Waals surface area contributed by atoms with Crippen molar-refractivity contribution in [3.05, 3.63) is 34.9 Å². The van der Waals surface area contributed by atoms with E-state index in [2.05, 4.69) is 17.4 Å². The van der Waals surface area contributed by atoms with Crippen molar-refractivity contribution < 1.29 is 0 Å². The molecule has 3 N–H and O–H groups in total. The molecule has 1 unspecified atom stereocenters. The van der Waals surface area contributed by atoms with Gasteiger partial charge in [-0.25, -0.2) is 0 Å². The summed E-state index contributed by atoms with van der Waals surface area (Å²) in [6.07, 6.45) is 4.72. The van der Waals surface area contributed by atoms with E-state index in [0.29, 0.717) is 6.54 Å². The molecule has 1 aliphatic rings. The maximum absolute atomic E-state index is 5.93. The van der Waals surface area contributed by atoms with Gasteiger partial charge in [-0.1, -0.05) is 30.2 Å². The average molecular weight is 239 g/mol. The highest BCUT2D eigenvalue weighted by molar-refractivity contribution is 6.30. The summed E-state index contributed by atoms with van der Waals surface area (Å²) in [7, 11) is 0. The Balaban J connectivity index is 2.08. The lowest BCUT2D eigenvalue weighted by molar-refractivity contribution is 0.259. The van der Waals surface area contributed by atoms with Crippen LogP contribution in [0.3, 0.4) is 0 Å². The van der Waals surface area contributed by atoms with Crippen LogP contribution in [0, 0.1) is 0 Å². The zero-order chi connectivity index (χ0) is 11.4. The topological polar surface area (TPSA) is 38.0 Å². The third kappa shape index (κ3) is 2.76. The van der Waals surface area contributed by atoms with Crippen LogP contribution in [-0.4, -0.2) is 18.6 Å². The number of rotatable bonds is 3. The first-order valence-electron chi connectivity index (χ1n) is 5.94. The molecule has 0 saturated carbocycles. The van der Waals surface area contributed by atoms with Crippen LogP contribution >= 0.6 is 11.6 Å². The fraction of sp³-hybridized carbons (Fsp3) is 0.538. The lowest BCUT2D eigenvalue weighted by Gasteiger charge is -2.37. The van der Waals surface area contributed by atoms with Gasteiger partial charge in [0.1, 0.15) is 0 Å². The van der Waals surface area contributed by atoms with Gasteiger partial charge in [0.05, 0.1) is 0 Å². The molecule has 0 amide bonds. The number of halogens is 1. The van der Waals surface area contributed by atoms with Crippen molar-refractivity contribution in [1.29, 1.82) is 0 Å². The fourth-order valence-electron chi connectivity index (χ4n) is 2.42. The van der Waals surface area contributed by atoms with Crippen LogP contribution in [0.2, 0.25) is 5.02 Å². The Hall–Kier alpha value is -0.570. The van der Waals surface area contributed by atoms with Gasteiger partial charge in [-0.2, -0.15) is 0 Å². The van der Waals surface area contributed by atoms with Gasteiger partial charge < -0.3 is 11.1 Å². The second kappa shape index (κ2) is 5.17. The normalized spacial score (nSPS) is 25.6. The summed E-state index contributed by atoms with van der Waals surface area (Å²) < 4.78 is 0. The zero-order valence-electron chi connectivity index (χ0n) is 9.51. The number of nitrogens with two attached hydrogens (primary N) is 1. The number of benzene rings is 1. The van der Waals surface area contributed by atoms with Gasteiger partial charge in [0.25, 0.3) is 0 Å².